The molecule has 2 aliphatic rings. The van der Waals surface area contributed by atoms with Gasteiger partial charge in [-0.15, -0.1) is 23.4 Å². The van der Waals surface area contributed by atoms with E-state index in [4.69, 9.17) is 23.2 Å². The summed E-state index contributed by atoms with van der Waals surface area (Å²) in [5, 5.41) is 0.561. The van der Waals surface area contributed by atoms with Crippen molar-refractivity contribution in [2.45, 2.75) is 10.8 Å². The summed E-state index contributed by atoms with van der Waals surface area (Å²) < 4.78 is -0.387. The van der Waals surface area contributed by atoms with Crippen LogP contribution in [0.4, 0.5) is 10.5 Å². The van der Waals surface area contributed by atoms with E-state index in [2.05, 4.69) is 0 Å². The molecule has 0 aromatic heterocycles. The fraction of sp³-hybridized carbons (Fsp3) is 0.333. The number of benzene rings is 1. The van der Waals surface area contributed by atoms with Crippen molar-refractivity contribution in [3.8, 4) is 0 Å². The largest absolute Gasteiger partial charge is 0.332 e. The maximum atomic E-state index is 12.4. The molecule has 3 amide bonds. The molecule has 0 spiro atoms. The van der Waals surface area contributed by atoms with E-state index < -0.39 is 6.04 Å². The predicted molar refractivity (Wildman–Crippen MR) is 76.9 cm³/mol. The zero-order chi connectivity index (χ0) is 13.6. The quantitative estimate of drug-likeness (QED) is 0.591. The summed E-state index contributed by atoms with van der Waals surface area (Å²) in [5.41, 5.74) is 0.530. The minimum Gasteiger partial charge on any atom is -0.309 e. The summed E-state index contributed by atoms with van der Waals surface area (Å²) in [6.07, 6.45) is 0. The zero-order valence-electron chi connectivity index (χ0n) is 9.75. The lowest BCUT2D eigenvalue weighted by Crippen LogP contribution is -2.45. The van der Waals surface area contributed by atoms with Gasteiger partial charge in [0.25, 0.3) is 5.91 Å². The van der Waals surface area contributed by atoms with Crippen molar-refractivity contribution in [1.82, 2.24) is 4.90 Å². The first kappa shape index (κ1) is 13.1. The number of alkyl halides is 1. The van der Waals surface area contributed by atoms with Crippen LogP contribution in [-0.2, 0) is 4.79 Å². The summed E-state index contributed by atoms with van der Waals surface area (Å²) in [6.45, 7) is 0.549. The molecule has 2 aliphatic heterocycles. The molecule has 0 aliphatic carbocycles. The van der Waals surface area contributed by atoms with Crippen molar-refractivity contribution in [2.24, 2.45) is 0 Å². The van der Waals surface area contributed by atoms with Crippen LogP contribution in [-0.4, -0.2) is 39.9 Å². The zero-order valence-corrected chi connectivity index (χ0v) is 12.1. The molecule has 3 rings (SSSR count). The van der Waals surface area contributed by atoms with Crippen molar-refractivity contribution in [2.75, 3.05) is 17.2 Å². The monoisotopic (exact) mass is 316 g/mol. The van der Waals surface area contributed by atoms with Gasteiger partial charge in [0.15, 0.2) is 0 Å². The fourth-order valence-electron chi connectivity index (χ4n) is 2.28. The second-order valence-corrected chi connectivity index (χ2v) is 6.71. The Morgan fingerprint density at radius 1 is 1.21 bits per heavy atom. The molecule has 1 aromatic rings. The topological polar surface area (TPSA) is 40.6 Å². The third-order valence-corrected chi connectivity index (χ3v) is 5.05. The molecule has 0 bridgehead atoms. The van der Waals surface area contributed by atoms with Crippen LogP contribution in [0.1, 0.15) is 0 Å². The highest BCUT2D eigenvalue weighted by molar-refractivity contribution is 8.01. The lowest BCUT2D eigenvalue weighted by Gasteiger charge is -2.29. The molecular formula is C12H10Cl2N2O2S. The summed E-state index contributed by atoms with van der Waals surface area (Å²) in [7, 11) is 0. The van der Waals surface area contributed by atoms with E-state index in [1.54, 1.807) is 29.2 Å². The van der Waals surface area contributed by atoms with Gasteiger partial charge in [-0.2, -0.15) is 0 Å². The molecule has 2 saturated heterocycles. The third-order valence-electron chi connectivity index (χ3n) is 3.19. The second kappa shape index (κ2) is 4.89. The van der Waals surface area contributed by atoms with Crippen molar-refractivity contribution in [3.05, 3.63) is 29.3 Å². The maximum absolute atomic E-state index is 12.4. The molecule has 1 aromatic carbocycles. The number of urea groups is 1. The van der Waals surface area contributed by atoms with Crippen LogP contribution in [0.3, 0.4) is 0 Å². The fourth-order valence-corrected chi connectivity index (χ4v) is 3.89. The average molecular weight is 317 g/mol. The highest BCUT2D eigenvalue weighted by atomic mass is 35.5. The molecule has 4 nitrogen and oxygen atoms in total. The van der Waals surface area contributed by atoms with E-state index >= 15 is 0 Å². The number of halogens is 2. The Hall–Kier alpha value is -0.910. The number of imide groups is 1. The Morgan fingerprint density at radius 2 is 1.89 bits per heavy atom. The van der Waals surface area contributed by atoms with Crippen LogP contribution >= 0.6 is 35.0 Å². The van der Waals surface area contributed by atoms with E-state index in [0.29, 0.717) is 17.3 Å². The van der Waals surface area contributed by atoms with Gasteiger partial charge >= 0.3 is 6.03 Å². The van der Waals surface area contributed by atoms with Crippen LogP contribution in [0, 0.1) is 0 Å². The van der Waals surface area contributed by atoms with Gasteiger partial charge in [0.05, 0.1) is 5.69 Å². The highest BCUT2D eigenvalue weighted by Gasteiger charge is 2.50. The number of carbonyl (C=O) groups excluding carboxylic acids is 2. The van der Waals surface area contributed by atoms with Gasteiger partial charge in [0.1, 0.15) is 10.8 Å². The normalized spacial score (nSPS) is 26.8. The van der Waals surface area contributed by atoms with Crippen molar-refractivity contribution < 1.29 is 9.59 Å². The molecule has 100 valence electrons. The number of hydrogen-bond acceptors (Lipinski definition) is 3. The number of thioether (sulfide) groups is 1. The Kier molecular flexibility index (Phi) is 3.37. The number of carbonyl (C=O) groups is 2. The predicted octanol–water partition coefficient (Wildman–Crippen LogP) is 2.79. The molecule has 2 unspecified atom stereocenters. The van der Waals surface area contributed by atoms with Gasteiger partial charge < -0.3 is 4.90 Å². The standard InChI is InChI=1S/C12H10Cl2N2O2S/c13-7-1-3-8(4-2-7)16-11(17)9-10(14)19-6-5-15(9)12(16)18/h1-4,9-10H,5-6H2. The van der Waals surface area contributed by atoms with Gasteiger partial charge in [-0.05, 0) is 24.3 Å². The summed E-state index contributed by atoms with van der Waals surface area (Å²) >= 11 is 13.5. The van der Waals surface area contributed by atoms with E-state index in [1.807, 2.05) is 0 Å². The summed E-state index contributed by atoms with van der Waals surface area (Å²) in [6, 6.07) is 5.76. The molecule has 0 N–H and O–H groups in total. The average Bonchev–Trinajstić information content (AvgIpc) is 2.65. The molecule has 0 saturated carbocycles. The first-order valence-corrected chi connectivity index (χ1v) is 7.62. The molecule has 0 radical (unpaired) electrons. The Bertz CT molecular complexity index is 537. The number of hydrogen-bond donors (Lipinski definition) is 0. The highest BCUT2D eigenvalue weighted by Crippen LogP contribution is 2.36. The minimum atomic E-state index is -0.566. The van der Waals surface area contributed by atoms with Crippen LogP contribution in [0.5, 0.6) is 0 Å². The SMILES string of the molecule is O=C1C2C(Cl)SCCN2C(=O)N1c1ccc(Cl)cc1. The van der Waals surface area contributed by atoms with Gasteiger partial charge in [0.2, 0.25) is 0 Å². The van der Waals surface area contributed by atoms with Crippen LogP contribution in [0.25, 0.3) is 0 Å². The molecule has 2 heterocycles. The smallest absolute Gasteiger partial charge is 0.309 e. The lowest BCUT2D eigenvalue weighted by atomic mass is 10.2. The molecule has 2 atom stereocenters. The van der Waals surface area contributed by atoms with Gasteiger partial charge in [-0.25, -0.2) is 9.69 Å². The van der Waals surface area contributed by atoms with Gasteiger partial charge in [-0.3, -0.25) is 4.79 Å². The number of amides is 3. The van der Waals surface area contributed by atoms with E-state index in [-0.39, 0.29) is 16.6 Å². The minimum absolute atomic E-state index is 0.264. The lowest BCUT2D eigenvalue weighted by molar-refractivity contribution is -0.119. The van der Waals surface area contributed by atoms with Crippen molar-refractivity contribution >= 4 is 52.6 Å². The Labute approximate surface area is 124 Å². The molecule has 7 heteroatoms. The van der Waals surface area contributed by atoms with E-state index in [0.717, 1.165) is 5.75 Å². The Balaban J connectivity index is 1.97. The van der Waals surface area contributed by atoms with Crippen LogP contribution in [0.2, 0.25) is 5.02 Å². The summed E-state index contributed by atoms with van der Waals surface area (Å²) in [4.78, 5) is 27.4. The number of rotatable bonds is 1. The Morgan fingerprint density at radius 3 is 2.53 bits per heavy atom. The first-order chi connectivity index (χ1) is 9.09. The number of fused-ring (bicyclic) bond motifs is 1. The molecule has 2 fully saturated rings. The summed E-state index contributed by atoms with van der Waals surface area (Å²) in [5.74, 6) is 0.484. The van der Waals surface area contributed by atoms with Crippen LogP contribution in [0.15, 0.2) is 24.3 Å². The third kappa shape index (κ3) is 2.10. The van der Waals surface area contributed by atoms with Gasteiger partial charge in [-0.1, -0.05) is 11.6 Å². The van der Waals surface area contributed by atoms with Crippen LogP contribution < -0.4 is 4.90 Å². The van der Waals surface area contributed by atoms with Crippen molar-refractivity contribution in [1.29, 1.82) is 0 Å². The molecular weight excluding hydrogens is 307 g/mol. The first-order valence-electron chi connectivity index (χ1n) is 5.75. The second-order valence-electron chi connectivity index (χ2n) is 4.29. The number of anilines is 1. The number of nitrogens with zero attached hydrogens (tertiary/aromatic N) is 2. The van der Waals surface area contributed by atoms with E-state index in [9.17, 15) is 9.59 Å². The van der Waals surface area contributed by atoms with Crippen molar-refractivity contribution in [3.63, 3.8) is 0 Å². The van der Waals surface area contributed by atoms with E-state index in [1.165, 1.54) is 16.7 Å². The van der Waals surface area contributed by atoms with Gasteiger partial charge in [0, 0.05) is 17.3 Å². The maximum Gasteiger partial charge on any atom is 0.332 e. The molecule has 19 heavy (non-hydrogen) atoms.